The van der Waals surface area contributed by atoms with E-state index in [1.165, 1.54) is 19.1 Å². The molecule has 6 nitrogen and oxygen atoms in total. The third-order valence-electron chi connectivity index (χ3n) is 3.76. The smallest absolute Gasteiger partial charge is 0.369 e. The van der Waals surface area contributed by atoms with Gasteiger partial charge in [-0.25, -0.2) is 9.37 Å². The molecule has 1 amide bonds. The molecule has 0 bridgehead atoms. The molecule has 1 heterocycles. The van der Waals surface area contributed by atoms with E-state index in [-0.39, 0.29) is 11.6 Å². The Hall–Kier alpha value is -2.43. The topological polar surface area (TPSA) is 65.4 Å². The molecule has 0 spiro atoms. The maximum Gasteiger partial charge on any atom is 0.522 e. The van der Waals surface area contributed by atoms with Gasteiger partial charge in [0.15, 0.2) is 0 Å². The molecule has 2 aromatic rings. The molecular formula is C19H20ClF4N3O3. The average molecular weight is 450 g/mol. The van der Waals surface area contributed by atoms with E-state index in [1.54, 1.807) is 23.2 Å². The molecule has 0 saturated carbocycles. The summed E-state index contributed by atoms with van der Waals surface area (Å²) >= 11 is 5.67. The zero-order chi connectivity index (χ0) is 22.3. The Bertz CT molecular complexity index is 886. The molecule has 0 saturated heterocycles. The van der Waals surface area contributed by atoms with E-state index in [1.807, 2.05) is 0 Å². The average Bonchev–Trinajstić information content (AvgIpc) is 3.10. The first-order valence-corrected chi connectivity index (χ1v) is 9.18. The summed E-state index contributed by atoms with van der Waals surface area (Å²) in [5, 5.41) is 2.53. The first-order chi connectivity index (χ1) is 14.0. The number of carbonyl (C=O) groups is 1. The van der Waals surface area contributed by atoms with Gasteiger partial charge in [-0.3, -0.25) is 9.53 Å². The van der Waals surface area contributed by atoms with E-state index >= 15 is 0 Å². The summed E-state index contributed by atoms with van der Waals surface area (Å²) < 4.78 is 60.0. The third kappa shape index (κ3) is 8.13. The number of aryl methyl sites for hydroxylation is 1. The van der Waals surface area contributed by atoms with Gasteiger partial charge in [-0.1, -0.05) is 24.2 Å². The first-order valence-electron chi connectivity index (χ1n) is 8.80. The van der Waals surface area contributed by atoms with Crippen LogP contribution in [0.4, 0.5) is 17.6 Å². The number of hydrogen-bond donors (Lipinski definition) is 1. The molecule has 0 radical (unpaired) electrons. The normalized spacial score (nSPS) is 12.6. The molecule has 1 N–H and O–H groups in total. The third-order valence-corrected chi connectivity index (χ3v) is 4.06. The van der Waals surface area contributed by atoms with Crippen molar-refractivity contribution in [3.8, 4) is 11.3 Å². The molecule has 0 aliphatic heterocycles. The highest BCUT2D eigenvalue weighted by atomic mass is 35.5. The lowest BCUT2D eigenvalue weighted by atomic mass is 10.2. The lowest BCUT2D eigenvalue weighted by Crippen LogP contribution is -2.30. The van der Waals surface area contributed by atoms with Crippen molar-refractivity contribution in [2.24, 2.45) is 0 Å². The van der Waals surface area contributed by atoms with Crippen molar-refractivity contribution >= 4 is 17.5 Å². The Morgan fingerprint density at radius 3 is 2.80 bits per heavy atom. The zero-order valence-electron chi connectivity index (χ0n) is 16.0. The lowest BCUT2D eigenvalue weighted by molar-refractivity contribution is -0.343. The monoisotopic (exact) mass is 449 g/mol. The molecule has 164 valence electrons. The van der Waals surface area contributed by atoms with E-state index in [4.69, 9.17) is 16.3 Å². The Balaban J connectivity index is 1.72. The largest absolute Gasteiger partial charge is 0.522 e. The molecule has 2 rings (SSSR count). The number of halogens is 5. The van der Waals surface area contributed by atoms with Crippen molar-refractivity contribution in [2.75, 3.05) is 13.2 Å². The van der Waals surface area contributed by atoms with Gasteiger partial charge in [0, 0.05) is 30.4 Å². The first kappa shape index (κ1) is 23.8. The zero-order valence-corrected chi connectivity index (χ0v) is 16.8. The number of amides is 1. The van der Waals surface area contributed by atoms with Crippen molar-refractivity contribution in [3.63, 3.8) is 0 Å². The highest BCUT2D eigenvalue weighted by Crippen LogP contribution is 2.23. The fourth-order valence-electron chi connectivity index (χ4n) is 2.43. The van der Waals surface area contributed by atoms with Gasteiger partial charge in [0.25, 0.3) is 0 Å². The Labute approximate surface area is 175 Å². The van der Waals surface area contributed by atoms with Crippen LogP contribution in [-0.2, 0) is 20.8 Å². The Morgan fingerprint density at radius 1 is 1.40 bits per heavy atom. The van der Waals surface area contributed by atoms with Gasteiger partial charge in [0.1, 0.15) is 12.4 Å². The van der Waals surface area contributed by atoms with Crippen LogP contribution in [0.3, 0.4) is 0 Å². The number of allylic oxidation sites excluding steroid dienone is 1. The van der Waals surface area contributed by atoms with Crippen molar-refractivity contribution < 1.29 is 31.8 Å². The number of benzene rings is 1. The summed E-state index contributed by atoms with van der Waals surface area (Å²) in [4.78, 5) is 16.0. The van der Waals surface area contributed by atoms with Crippen molar-refractivity contribution in [2.45, 2.75) is 32.4 Å². The van der Waals surface area contributed by atoms with E-state index in [9.17, 15) is 22.4 Å². The maximum atomic E-state index is 13.6. The van der Waals surface area contributed by atoms with Gasteiger partial charge in [-0.15, -0.1) is 13.2 Å². The number of rotatable bonds is 10. The predicted molar refractivity (Wildman–Crippen MR) is 102 cm³/mol. The molecule has 1 aromatic heterocycles. The van der Waals surface area contributed by atoms with Crippen LogP contribution in [0.25, 0.3) is 11.3 Å². The molecule has 1 unspecified atom stereocenters. The number of aromatic nitrogens is 2. The van der Waals surface area contributed by atoms with Crippen LogP contribution < -0.4 is 5.32 Å². The highest BCUT2D eigenvalue weighted by Gasteiger charge is 2.31. The van der Waals surface area contributed by atoms with Crippen LogP contribution in [0.2, 0.25) is 5.02 Å². The van der Waals surface area contributed by atoms with Gasteiger partial charge >= 0.3 is 6.36 Å². The van der Waals surface area contributed by atoms with Gasteiger partial charge in [-0.05, 0) is 19.1 Å². The standard InChI is InChI=1S/C19H20ClF4N3O3/c1-12(26-18(28)10-29-9-13(2)30-19(22,23)24)5-6-27-8-17(25-11-27)14-3-4-15(20)16(21)7-14/h3-4,7-8,11,13H,1,5-6,9-10H2,2H3,(H,26,28). The van der Waals surface area contributed by atoms with Gasteiger partial charge in [-0.2, -0.15) is 0 Å². The number of hydrogen-bond acceptors (Lipinski definition) is 4. The summed E-state index contributed by atoms with van der Waals surface area (Å²) in [5.74, 6) is -1.08. The quantitative estimate of drug-likeness (QED) is 0.549. The molecule has 0 aliphatic carbocycles. The predicted octanol–water partition coefficient (Wildman–Crippen LogP) is 4.30. The van der Waals surface area contributed by atoms with Crippen LogP contribution in [0.5, 0.6) is 0 Å². The van der Waals surface area contributed by atoms with Gasteiger partial charge in [0.2, 0.25) is 5.91 Å². The van der Waals surface area contributed by atoms with Gasteiger partial charge in [0.05, 0.1) is 29.8 Å². The van der Waals surface area contributed by atoms with E-state index < -0.39 is 30.8 Å². The van der Waals surface area contributed by atoms with Crippen LogP contribution in [0, 0.1) is 5.82 Å². The number of nitrogens with one attached hydrogen (secondary N) is 1. The second-order valence-corrected chi connectivity index (χ2v) is 6.82. The minimum Gasteiger partial charge on any atom is -0.369 e. The van der Waals surface area contributed by atoms with Gasteiger partial charge < -0.3 is 14.6 Å². The van der Waals surface area contributed by atoms with E-state index in [0.29, 0.717) is 29.9 Å². The summed E-state index contributed by atoms with van der Waals surface area (Å²) in [6, 6.07) is 4.38. The molecular weight excluding hydrogens is 430 g/mol. The molecule has 0 fully saturated rings. The Morgan fingerprint density at radius 2 is 2.13 bits per heavy atom. The number of carbonyl (C=O) groups excluding carboxylic acids is 1. The van der Waals surface area contributed by atoms with Crippen LogP contribution >= 0.6 is 11.6 Å². The molecule has 1 aromatic carbocycles. The van der Waals surface area contributed by atoms with Crippen LogP contribution in [-0.4, -0.2) is 41.1 Å². The second-order valence-electron chi connectivity index (χ2n) is 6.42. The summed E-state index contributed by atoms with van der Waals surface area (Å²) in [5.41, 5.74) is 1.53. The number of nitrogens with zero attached hydrogens (tertiary/aromatic N) is 2. The molecule has 11 heteroatoms. The number of alkyl halides is 3. The maximum absolute atomic E-state index is 13.6. The second kappa shape index (κ2) is 10.6. The van der Waals surface area contributed by atoms with E-state index in [0.717, 1.165) is 0 Å². The number of ether oxygens (including phenoxy) is 2. The fraction of sp³-hybridized carbons (Fsp3) is 0.368. The minimum atomic E-state index is -4.76. The molecule has 0 aliphatic rings. The highest BCUT2D eigenvalue weighted by molar-refractivity contribution is 6.30. The Kier molecular flexibility index (Phi) is 8.39. The summed E-state index contributed by atoms with van der Waals surface area (Å²) in [6.07, 6.45) is -2.34. The summed E-state index contributed by atoms with van der Waals surface area (Å²) in [6.45, 7) is 4.54. The van der Waals surface area contributed by atoms with Crippen molar-refractivity contribution in [3.05, 3.63) is 53.8 Å². The molecule has 1 atom stereocenters. The lowest BCUT2D eigenvalue weighted by Gasteiger charge is -2.15. The van der Waals surface area contributed by atoms with Crippen LogP contribution in [0.1, 0.15) is 13.3 Å². The minimum absolute atomic E-state index is 0.0246. The van der Waals surface area contributed by atoms with E-state index in [2.05, 4.69) is 21.6 Å². The van der Waals surface area contributed by atoms with Crippen LogP contribution in [0.15, 0.2) is 43.0 Å². The van der Waals surface area contributed by atoms with Crippen molar-refractivity contribution in [1.82, 2.24) is 14.9 Å². The summed E-state index contributed by atoms with van der Waals surface area (Å²) in [7, 11) is 0. The fourth-order valence-corrected chi connectivity index (χ4v) is 2.54. The number of imidazole rings is 1. The van der Waals surface area contributed by atoms with Crippen molar-refractivity contribution in [1.29, 1.82) is 0 Å². The SMILES string of the molecule is C=C(CCn1cnc(-c2ccc(Cl)c(F)c2)c1)NC(=O)COCC(C)OC(F)(F)F. The molecule has 30 heavy (non-hydrogen) atoms.